The molecule has 0 aliphatic carbocycles. The molecule has 3 nitrogen and oxygen atoms in total. The smallest absolute Gasteiger partial charge is 0.245 e. The van der Waals surface area contributed by atoms with E-state index >= 15 is 0 Å². The molecule has 2 amide bonds. The van der Waals surface area contributed by atoms with Gasteiger partial charge in [-0.2, -0.15) is 5.54 Å². The van der Waals surface area contributed by atoms with Crippen molar-refractivity contribution in [2.75, 3.05) is 4.31 Å². The zero-order valence-corrected chi connectivity index (χ0v) is 7.98. The molecule has 1 aromatic rings. The van der Waals surface area contributed by atoms with Gasteiger partial charge in [-0.05, 0) is 22.8 Å². The van der Waals surface area contributed by atoms with Crippen LogP contribution in [0.3, 0.4) is 0 Å². The topological polar surface area (TPSA) is 32.3 Å². The highest BCUT2D eigenvalue weighted by atomic mass is 35.7. The lowest BCUT2D eigenvalue weighted by Gasteiger charge is -2.14. The number of amides is 2. The molecule has 0 radical (unpaired) electrons. The summed E-state index contributed by atoms with van der Waals surface area (Å²) in [5, 5.41) is 0. The first-order valence-electron chi connectivity index (χ1n) is 3.34. The second-order valence-corrected chi connectivity index (χ2v) is 3.02. The third-order valence-electron chi connectivity index (χ3n) is 1.32. The van der Waals surface area contributed by atoms with Crippen LogP contribution < -0.4 is 9.84 Å². The van der Waals surface area contributed by atoms with Gasteiger partial charge in [0.15, 0.2) is 0 Å². The van der Waals surface area contributed by atoms with Gasteiger partial charge in [-0.1, -0.05) is 22.7 Å². The Hall–Kier alpha value is -0.940. The average Bonchev–Trinajstić information content (AvgIpc) is 2.20. The minimum absolute atomic E-state index is 0.512. The van der Waals surface area contributed by atoms with Crippen molar-refractivity contribution in [3.8, 4) is 0 Å². The number of rotatable bonds is 2. The highest BCUT2D eigenvalue weighted by molar-refractivity contribution is 8.22. The largest absolute Gasteiger partial charge is 0.361 e. The number of benzene rings is 1. The van der Waals surface area contributed by atoms with Crippen molar-refractivity contribution in [2.24, 2.45) is 0 Å². The lowest BCUT2D eigenvalue weighted by atomic mass is 10.3. The second-order valence-electron chi connectivity index (χ2n) is 2.10. The van der Waals surface area contributed by atoms with Crippen LogP contribution in [0.2, 0.25) is 0 Å². The van der Waals surface area contributed by atoms with Gasteiger partial charge >= 0.3 is 6.03 Å². The van der Waals surface area contributed by atoms with E-state index in [4.69, 9.17) is 10.7 Å². The van der Waals surface area contributed by atoms with Crippen LogP contribution >= 0.6 is 21.8 Å². The zero-order chi connectivity index (χ0) is 9.68. The van der Waals surface area contributed by atoms with Crippen LogP contribution in [0.1, 0.15) is 0 Å². The van der Waals surface area contributed by atoms with Crippen LogP contribution in [0.4, 0.5) is 15.0 Å². The fourth-order valence-corrected chi connectivity index (χ4v) is 1.52. The summed E-state index contributed by atoms with van der Waals surface area (Å²) in [6.45, 7) is 0. The Morgan fingerprint density at radius 3 is 2.54 bits per heavy atom. The second kappa shape index (κ2) is 4.94. The van der Waals surface area contributed by atoms with Gasteiger partial charge in [0, 0.05) is 0 Å². The maximum Gasteiger partial charge on any atom is 0.361 e. The number of carbonyl (C=O) groups excluding carboxylic acids is 1. The first-order valence-corrected chi connectivity index (χ1v) is 4.94. The standard InChI is InChI=1S/C7H6ClFN2OS/c8-13-11(7(12)10-9)6-4-2-1-3-5-6/h1-5H,(H,10,12). The van der Waals surface area contributed by atoms with Crippen LogP contribution in [0.15, 0.2) is 30.3 Å². The van der Waals surface area contributed by atoms with E-state index in [-0.39, 0.29) is 0 Å². The Labute approximate surface area is 83.4 Å². The van der Waals surface area contributed by atoms with E-state index in [1.165, 1.54) is 0 Å². The predicted molar refractivity (Wildman–Crippen MR) is 52.0 cm³/mol. The van der Waals surface area contributed by atoms with E-state index in [0.717, 1.165) is 9.84 Å². The highest BCUT2D eigenvalue weighted by Crippen LogP contribution is 2.24. The Morgan fingerprint density at radius 2 is 2.08 bits per heavy atom. The minimum Gasteiger partial charge on any atom is -0.245 e. The van der Waals surface area contributed by atoms with Crippen LogP contribution in [-0.4, -0.2) is 6.03 Å². The first kappa shape index (κ1) is 10.1. The molecule has 0 atom stereocenters. The van der Waals surface area contributed by atoms with Crippen molar-refractivity contribution >= 4 is 33.6 Å². The molecule has 0 bridgehead atoms. The number of hydrogen-bond donors (Lipinski definition) is 1. The van der Waals surface area contributed by atoms with Gasteiger partial charge in [0.2, 0.25) is 0 Å². The lowest BCUT2D eigenvalue weighted by Crippen LogP contribution is -2.29. The molecule has 0 saturated carbocycles. The molecule has 13 heavy (non-hydrogen) atoms. The average molecular weight is 221 g/mol. The highest BCUT2D eigenvalue weighted by Gasteiger charge is 2.14. The van der Waals surface area contributed by atoms with E-state index in [1.54, 1.807) is 30.3 Å². The third kappa shape index (κ3) is 2.50. The Balaban J connectivity index is 2.85. The number of nitrogens with zero attached hydrogens (tertiary/aromatic N) is 1. The predicted octanol–water partition coefficient (Wildman–Crippen LogP) is 2.89. The van der Waals surface area contributed by atoms with Gasteiger partial charge in [0.25, 0.3) is 0 Å². The molecule has 0 aromatic heterocycles. The Bertz CT molecular complexity index is 285. The van der Waals surface area contributed by atoms with Crippen LogP contribution in [0.5, 0.6) is 0 Å². The third-order valence-corrected chi connectivity index (χ3v) is 2.25. The van der Waals surface area contributed by atoms with Gasteiger partial charge in [0.05, 0.1) is 16.8 Å². The molecule has 0 saturated heterocycles. The number of halogens is 2. The van der Waals surface area contributed by atoms with Crippen LogP contribution in [-0.2, 0) is 0 Å². The van der Waals surface area contributed by atoms with Gasteiger partial charge in [-0.15, -0.1) is 0 Å². The molecule has 0 fully saturated rings. The minimum atomic E-state index is -0.911. The van der Waals surface area contributed by atoms with Crippen molar-refractivity contribution in [3.63, 3.8) is 0 Å². The molecule has 0 unspecified atom stereocenters. The van der Waals surface area contributed by atoms with E-state index in [1.807, 2.05) is 0 Å². The molecular formula is C7H6ClFN2OS. The van der Waals surface area contributed by atoms with Gasteiger partial charge in [-0.3, -0.25) is 0 Å². The molecule has 0 spiro atoms. The number of nitrogens with one attached hydrogen (secondary N) is 1. The molecular weight excluding hydrogens is 215 g/mol. The number of anilines is 1. The summed E-state index contributed by atoms with van der Waals surface area (Å²) in [4.78, 5) is 10.9. The fraction of sp³-hybridized carbons (Fsp3) is 0. The Kier molecular flexibility index (Phi) is 3.85. The van der Waals surface area contributed by atoms with Crippen LogP contribution in [0.25, 0.3) is 0 Å². The summed E-state index contributed by atoms with van der Waals surface area (Å²) in [5.74, 6) is 0. The summed E-state index contributed by atoms with van der Waals surface area (Å²) in [5.41, 5.74) is 1.51. The van der Waals surface area contributed by atoms with E-state index < -0.39 is 6.03 Å². The summed E-state index contributed by atoms with van der Waals surface area (Å²) in [6, 6.07) is 7.61. The van der Waals surface area contributed by atoms with Crippen molar-refractivity contribution < 1.29 is 9.28 Å². The van der Waals surface area contributed by atoms with Crippen molar-refractivity contribution in [1.29, 1.82) is 0 Å². The SMILES string of the molecule is O=C(NF)N(SCl)c1ccccc1. The van der Waals surface area contributed by atoms with Crippen molar-refractivity contribution in [2.45, 2.75) is 0 Å². The van der Waals surface area contributed by atoms with Crippen molar-refractivity contribution in [3.05, 3.63) is 30.3 Å². The summed E-state index contributed by atoms with van der Waals surface area (Å²) in [6.07, 6.45) is 0. The summed E-state index contributed by atoms with van der Waals surface area (Å²) >= 11 is 0.609. The molecule has 1 N–H and O–H groups in total. The molecule has 1 aromatic carbocycles. The molecule has 0 aliphatic rings. The van der Waals surface area contributed by atoms with Gasteiger partial charge in [-0.25, -0.2) is 9.10 Å². The maximum atomic E-state index is 11.8. The van der Waals surface area contributed by atoms with Gasteiger partial charge in [0.1, 0.15) is 0 Å². The number of carbonyl (C=O) groups is 1. The molecule has 1 rings (SSSR count). The Morgan fingerprint density at radius 1 is 1.46 bits per heavy atom. The quantitative estimate of drug-likeness (QED) is 0.614. The number of hydrogen-bond acceptors (Lipinski definition) is 2. The zero-order valence-electron chi connectivity index (χ0n) is 6.41. The normalized spacial score (nSPS) is 9.38. The molecule has 6 heteroatoms. The fourth-order valence-electron chi connectivity index (χ4n) is 0.790. The number of para-hydroxylation sites is 1. The lowest BCUT2D eigenvalue weighted by molar-refractivity contribution is 0.227. The summed E-state index contributed by atoms with van der Waals surface area (Å²) < 4.78 is 12.8. The summed E-state index contributed by atoms with van der Waals surface area (Å²) in [7, 11) is 5.39. The molecule has 70 valence electrons. The van der Waals surface area contributed by atoms with E-state index in [2.05, 4.69) is 0 Å². The van der Waals surface area contributed by atoms with Crippen LogP contribution in [0, 0.1) is 0 Å². The van der Waals surface area contributed by atoms with Crippen molar-refractivity contribution in [1.82, 2.24) is 5.54 Å². The monoisotopic (exact) mass is 220 g/mol. The molecule has 0 heterocycles. The molecule has 0 aliphatic heterocycles. The van der Waals surface area contributed by atoms with E-state index in [0.29, 0.717) is 16.8 Å². The van der Waals surface area contributed by atoms with Gasteiger partial charge < -0.3 is 0 Å². The first-order chi connectivity index (χ1) is 6.29. The maximum absolute atomic E-state index is 11.8. The van der Waals surface area contributed by atoms with E-state index in [9.17, 15) is 9.28 Å². The number of urea groups is 1.